The van der Waals surface area contributed by atoms with E-state index in [0.29, 0.717) is 15.8 Å². The van der Waals surface area contributed by atoms with Crippen LogP contribution >= 0.6 is 31.9 Å². The van der Waals surface area contributed by atoms with Gasteiger partial charge in [-0.3, -0.25) is 14.9 Å². The highest BCUT2D eigenvalue weighted by atomic mass is 79.9. The lowest BCUT2D eigenvalue weighted by Crippen LogP contribution is -2.24. The van der Waals surface area contributed by atoms with Crippen molar-refractivity contribution in [3.8, 4) is 11.5 Å². The highest BCUT2D eigenvalue weighted by Gasteiger charge is 2.07. The van der Waals surface area contributed by atoms with Crippen molar-refractivity contribution in [3.63, 3.8) is 0 Å². The van der Waals surface area contributed by atoms with Crippen molar-refractivity contribution in [3.05, 3.63) is 61.0 Å². The van der Waals surface area contributed by atoms with E-state index in [1.165, 1.54) is 30.5 Å². The number of halogens is 2. The number of non-ortho nitro benzene ring substituents is 1. The monoisotopic (exact) mass is 471 g/mol. The Kier molecular flexibility index (Phi) is 6.48. The van der Waals surface area contributed by atoms with Crippen molar-refractivity contribution in [2.24, 2.45) is 5.10 Å². The van der Waals surface area contributed by atoms with E-state index in [1.807, 2.05) is 0 Å². The maximum absolute atomic E-state index is 11.7. The molecule has 0 aromatic heterocycles. The molecule has 0 heterocycles. The predicted molar refractivity (Wildman–Crippen MR) is 97.8 cm³/mol. The van der Waals surface area contributed by atoms with Gasteiger partial charge in [0.25, 0.3) is 11.6 Å². The molecule has 2 aromatic carbocycles. The van der Waals surface area contributed by atoms with Gasteiger partial charge in [-0.15, -0.1) is 0 Å². The molecule has 0 saturated carbocycles. The van der Waals surface area contributed by atoms with Crippen LogP contribution in [0.25, 0.3) is 0 Å². The molecule has 1 amide bonds. The summed E-state index contributed by atoms with van der Waals surface area (Å²) in [6, 6.07) is 8.64. The molecule has 2 aromatic rings. The molecule has 0 aliphatic heterocycles. The van der Waals surface area contributed by atoms with Gasteiger partial charge in [0.2, 0.25) is 0 Å². The smallest absolute Gasteiger partial charge is 0.277 e. The predicted octanol–water partition coefficient (Wildman–Crippen LogP) is 3.35. The Balaban J connectivity index is 1.87. The zero-order chi connectivity index (χ0) is 18.4. The van der Waals surface area contributed by atoms with Crippen LogP contribution in [0.15, 0.2) is 50.4 Å². The van der Waals surface area contributed by atoms with Crippen LogP contribution in [-0.4, -0.2) is 28.8 Å². The molecule has 0 fully saturated rings. The number of aromatic hydroxyl groups is 1. The minimum Gasteiger partial charge on any atom is -0.506 e. The first-order chi connectivity index (χ1) is 11.9. The van der Waals surface area contributed by atoms with Crippen molar-refractivity contribution in [2.45, 2.75) is 0 Å². The number of hydrogen-bond donors (Lipinski definition) is 2. The second-order valence-electron chi connectivity index (χ2n) is 4.66. The summed E-state index contributed by atoms with van der Waals surface area (Å²) >= 11 is 6.47. The first kappa shape index (κ1) is 18.9. The van der Waals surface area contributed by atoms with Crippen LogP contribution in [0.4, 0.5) is 5.69 Å². The van der Waals surface area contributed by atoms with E-state index in [9.17, 15) is 20.0 Å². The van der Waals surface area contributed by atoms with Gasteiger partial charge >= 0.3 is 0 Å². The number of amides is 1. The van der Waals surface area contributed by atoms with Gasteiger partial charge in [-0.2, -0.15) is 5.10 Å². The summed E-state index contributed by atoms with van der Waals surface area (Å²) < 4.78 is 6.41. The van der Waals surface area contributed by atoms with E-state index in [0.717, 1.165) is 4.47 Å². The van der Waals surface area contributed by atoms with Gasteiger partial charge in [0, 0.05) is 22.2 Å². The fourth-order valence-corrected chi connectivity index (χ4v) is 2.96. The van der Waals surface area contributed by atoms with Gasteiger partial charge in [-0.25, -0.2) is 5.43 Å². The van der Waals surface area contributed by atoms with Crippen LogP contribution in [0.5, 0.6) is 11.5 Å². The highest BCUT2D eigenvalue weighted by molar-refractivity contribution is 9.11. The van der Waals surface area contributed by atoms with Gasteiger partial charge in [0.1, 0.15) is 11.5 Å². The molecular weight excluding hydrogens is 462 g/mol. The number of benzene rings is 2. The molecule has 2 rings (SSSR count). The Hall–Kier alpha value is -2.46. The zero-order valence-corrected chi connectivity index (χ0v) is 15.7. The Morgan fingerprint density at radius 1 is 1.32 bits per heavy atom. The number of nitro benzene ring substituents is 1. The van der Waals surface area contributed by atoms with E-state index in [-0.39, 0.29) is 18.0 Å². The van der Waals surface area contributed by atoms with Crippen molar-refractivity contribution in [1.29, 1.82) is 0 Å². The first-order valence-electron chi connectivity index (χ1n) is 6.74. The molecule has 2 N–H and O–H groups in total. The highest BCUT2D eigenvalue weighted by Crippen LogP contribution is 2.30. The van der Waals surface area contributed by atoms with Crippen molar-refractivity contribution in [2.75, 3.05) is 6.61 Å². The molecule has 0 radical (unpaired) electrons. The number of carbonyl (C=O) groups excluding carboxylic acids is 1. The molecule has 0 atom stereocenters. The number of phenols is 1. The zero-order valence-electron chi connectivity index (χ0n) is 12.5. The number of nitrogens with zero attached hydrogens (tertiary/aromatic N) is 2. The third-order valence-electron chi connectivity index (χ3n) is 2.87. The second-order valence-corrected chi connectivity index (χ2v) is 6.43. The molecule has 8 nitrogen and oxygen atoms in total. The number of rotatable bonds is 6. The van der Waals surface area contributed by atoms with E-state index in [2.05, 4.69) is 42.4 Å². The van der Waals surface area contributed by atoms with E-state index < -0.39 is 10.8 Å². The molecule has 0 bridgehead atoms. The summed E-state index contributed by atoms with van der Waals surface area (Å²) in [6.45, 7) is -0.316. The largest absolute Gasteiger partial charge is 0.506 e. The van der Waals surface area contributed by atoms with Crippen LogP contribution in [-0.2, 0) is 4.79 Å². The Bertz CT molecular complexity index is 825. The number of nitrogens with one attached hydrogen (secondary N) is 1. The van der Waals surface area contributed by atoms with Crippen molar-refractivity contribution >= 4 is 49.7 Å². The number of hydrogen-bond acceptors (Lipinski definition) is 6. The average molecular weight is 473 g/mol. The lowest BCUT2D eigenvalue weighted by molar-refractivity contribution is -0.384. The molecule has 0 unspecified atom stereocenters. The molecule has 130 valence electrons. The quantitative estimate of drug-likeness (QED) is 0.380. The summed E-state index contributed by atoms with van der Waals surface area (Å²) in [4.78, 5) is 21.7. The van der Waals surface area contributed by atoms with Crippen LogP contribution in [0.1, 0.15) is 5.56 Å². The van der Waals surface area contributed by atoms with Gasteiger partial charge < -0.3 is 9.84 Å². The van der Waals surface area contributed by atoms with E-state index in [1.54, 1.807) is 12.1 Å². The summed E-state index contributed by atoms with van der Waals surface area (Å²) in [5.41, 5.74) is 2.59. The van der Waals surface area contributed by atoms with Gasteiger partial charge in [-0.1, -0.05) is 15.9 Å². The summed E-state index contributed by atoms with van der Waals surface area (Å²) in [7, 11) is 0. The Morgan fingerprint density at radius 3 is 2.64 bits per heavy atom. The van der Waals surface area contributed by atoms with E-state index in [4.69, 9.17) is 4.74 Å². The molecular formula is C15H11Br2N3O5. The number of nitro groups is 1. The SMILES string of the molecule is O=C(COc1ccc([N+](=O)[O-])cc1)N/N=C/c1cc(Br)cc(Br)c1O. The second kappa shape index (κ2) is 8.58. The fourth-order valence-electron chi connectivity index (χ4n) is 1.70. The molecule has 0 saturated heterocycles. The molecule has 0 aliphatic carbocycles. The lowest BCUT2D eigenvalue weighted by atomic mass is 10.2. The number of ether oxygens (including phenoxy) is 1. The fraction of sp³-hybridized carbons (Fsp3) is 0.0667. The molecule has 10 heteroatoms. The van der Waals surface area contributed by atoms with Gasteiger partial charge in [-0.05, 0) is 40.2 Å². The first-order valence-corrected chi connectivity index (χ1v) is 8.32. The summed E-state index contributed by atoms with van der Waals surface area (Å²) in [6.07, 6.45) is 1.29. The van der Waals surface area contributed by atoms with Crippen LogP contribution < -0.4 is 10.2 Å². The molecule has 25 heavy (non-hydrogen) atoms. The normalized spacial score (nSPS) is 10.6. The minimum absolute atomic E-state index is 0.0108. The third-order valence-corrected chi connectivity index (χ3v) is 3.93. The average Bonchev–Trinajstić information content (AvgIpc) is 2.57. The summed E-state index contributed by atoms with van der Waals surface area (Å²) in [5, 5.41) is 24.1. The molecule has 0 aliphatic rings. The lowest BCUT2D eigenvalue weighted by Gasteiger charge is -2.05. The molecule has 0 spiro atoms. The number of phenolic OH excluding ortho intramolecular Hbond substituents is 1. The maximum atomic E-state index is 11.7. The minimum atomic E-state index is -0.527. The number of hydrazone groups is 1. The van der Waals surface area contributed by atoms with Gasteiger partial charge in [0.15, 0.2) is 6.61 Å². The van der Waals surface area contributed by atoms with Crippen molar-refractivity contribution in [1.82, 2.24) is 5.43 Å². The Morgan fingerprint density at radius 2 is 2.00 bits per heavy atom. The van der Waals surface area contributed by atoms with Crippen LogP contribution in [0.3, 0.4) is 0 Å². The maximum Gasteiger partial charge on any atom is 0.277 e. The third kappa shape index (κ3) is 5.54. The summed E-state index contributed by atoms with van der Waals surface area (Å²) in [5.74, 6) is -0.218. The van der Waals surface area contributed by atoms with Gasteiger partial charge in [0.05, 0.1) is 15.6 Å². The van der Waals surface area contributed by atoms with Crippen LogP contribution in [0, 0.1) is 10.1 Å². The Labute approximate surface area is 158 Å². The van der Waals surface area contributed by atoms with Crippen LogP contribution in [0.2, 0.25) is 0 Å². The number of carbonyl (C=O) groups is 1. The van der Waals surface area contributed by atoms with Crippen molar-refractivity contribution < 1.29 is 19.6 Å². The topological polar surface area (TPSA) is 114 Å². The van der Waals surface area contributed by atoms with E-state index >= 15 is 0 Å². The standard InChI is InChI=1S/C15H11Br2N3O5/c16-10-5-9(15(22)13(17)6-10)7-18-19-14(21)8-25-12-3-1-11(2-4-12)20(23)24/h1-7,22H,8H2,(H,19,21)/b18-7+.